The summed E-state index contributed by atoms with van der Waals surface area (Å²) in [4.78, 5) is 13.0. The van der Waals surface area contributed by atoms with Crippen LogP contribution >= 0.6 is 0 Å². The van der Waals surface area contributed by atoms with Gasteiger partial charge in [0.1, 0.15) is 6.29 Å². The Morgan fingerprint density at radius 2 is 1.31 bits per heavy atom. The zero-order valence-corrected chi connectivity index (χ0v) is 10.0. The van der Waals surface area contributed by atoms with Gasteiger partial charge < -0.3 is 4.79 Å². The van der Waals surface area contributed by atoms with Crippen molar-refractivity contribution < 1.29 is 4.79 Å². The van der Waals surface area contributed by atoms with E-state index in [0.717, 1.165) is 6.29 Å². The first kappa shape index (κ1) is 12.6. The Kier molecular flexibility index (Phi) is 3.68. The monoisotopic (exact) mass is 185 g/mol. The molecule has 0 aliphatic carbocycles. The molecule has 0 N–H and O–H groups in total. The molecule has 1 atom stereocenters. The molecule has 0 heterocycles. The van der Waals surface area contributed by atoms with Crippen LogP contribution in [0, 0.1) is 0 Å². The van der Waals surface area contributed by atoms with Gasteiger partial charge in [0.15, 0.2) is 0 Å². The van der Waals surface area contributed by atoms with Gasteiger partial charge in [-0.2, -0.15) is 0 Å². The Hall–Kier alpha value is -0.370. The highest BCUT2D eigenvalue weighted by atomic mass is 16.1. The first-order valence-electron chi connectivity index (χ1n) is 4.85. The summed E-state index contributed by atoms with van der Waals surface area (Å²) in [5.74, 6) is 0. The topological polar surface area (TPSA) is 20.3 Å². The van der Waals surface area contributed by atoms with E-state index in [1.807, 2.05) is 6.92 Å². The van der Waals surface area contributed by atoms with Crippen molar-refractivity contribution >= 4 is 6.29 Å². The van der Waals surface area contributed by atoms with E-state index in [1.165, 1.54) is 0 Å². The number of carbonyl (C=O) groups excluding carboxylic acids is 1. The predicted molar refractivity (Wildman–Crippen MR) is 56.9 cm³/mol. The van der Waals surface area contributed by atoms with E-state index >= 15 is 0 Å². The van der Waals surface area contributed by atoms with E-state index < -0.39 is 0 Å². The Morgan fingerprint density at radius 1 is 1.00 bits per heavy atom. The quantitative estimate of drug-likeness (QED) is 0.616. The molecule has 0 saturated carbocycles. The molecule has 0 radical (unpaired) electrons. The summed E-state index contributed by atoms with van der Waals surface area (Å²) in [6, 6.07) is -0.0278. The molecular weight excluding hydrogens is 162 g/mol. The second-order valence-corrected chi connectivity index (χ2v) is 5.59. The first-order chi connectivity index (χ1) is 5.60. The molecule has 2 heteroatoms. The highest BCUT2D eigenvalue weighted by Gasteiger charge is 2.34. The summed E-state index contributed by atoms with van der Waals surface area (Å²) in [5, 5.41) is 0. The minimum Gasteiger partial charge on any atom is -0.302 e. The van der Waals surface area contributed by atoms with Gasteiger partial charge in [0.25, 0.3) is 0 Å². The molecule has 0 aliphatic heterocycles. The fraction of sp³-hybridized carbons (Fsp3) is 0.909. The van der Waals surface area contributed by atoms with E-state index in [-0.39, 0.29) is 17.1 Å². The Morgan fingerprint density at radius 3 is 1.38 bits per heavy atom. The molecule has 0 fully saturated rings. The van der Waals surface area contributed by atoms with Gasteiger partial charge in [0.2, 0.25) is 0 Å². The van der Waals surface area contributed by atoms with Crippen LogP contribution in [0.25, 0.3) is 0 Å². The number of hydrogen-bond acceptors (Lipinski definition) is 2. The Balaban J connectivity index is 4.88. The molecular formula is C11H23NO. The maximum absolute atomic E-state index is 10.8. The normalized spacial score (nSPS) is 16.0. The minimum absolute atomic E-state index is 0.0264. The van der Waals surface area contributed by atoms with Gasteiger partial charge in [0.05, 0.1) is 6.04 Å². The van der Waals surface area contributed by atoms with Crippen LogP contribution in [0.1, 0.15) is 48.5 Å². The van der Waals surface area contributed by atoms with Crippen molar-refractivity contribution in [1.82, 2.24) is 4.90 Å². The van der Waals surface area contributed by atoms with Crippen LogP contribution in [0.4, 0.5) is 0 Å². The van der Waals surface area contributed by atoms with Gasteiger partial charge in [-0.05, 0) is 48.5 Å². The molecule has 1 unspecified atom stereocenters. The summed E-state index contributed by atoms with van der Waals surface area (Å²) in [6.07, 6.45) is 1.01. The van der Waals surface area contributed by atoms with Crippen LogP contribution in [0.5, 0.6) is 0 Å². The van der Waals surface area contributed by atoms with Crippen molar-refractivity contribution in [1.29, 1.82) is 0 Å². The van der Waals surface area contributed by atoms with Gasteiger partial charge in [-0.1, -0.05) is 0 Å². The van der Waals surface area contributed by atoms with Crippen LogP contribution in [-0.2, 0) is 4.79 Å². The molecule has 0 amide bonds. The second-order valence-electron chi connectivity index (χ2n) is 5.59. The number of hydrogen-bond donors (Lipinski definition) is 0. The maximum atomic E-state index is 10.8. The van der Waals surface area contributed by atoms with Gasteiger partial charge in [-0.15, -0.1) is 0 Å². The second kappa shape index (κ2) is 3.79. The third kappa shape index (κ3) is 3.47. The van der Waals surface area contributed by atoms with E-state index in [9.17, 15) is 4.79 Å². The zero-order chi connectivity index (χ0) is 10.9. The van der Waals surface area contributed by atoms with Crippen LogP contribution in [-0.4, -0.2) is 28.3 Å². The van der Waals surface area contributed by atoms with Crippen molar-refractivity contribution in [3.63, 3.8) is 0 Å². The number of aldehydes is 1. The Labute approximate surface area is 82.3 Å². The van der Waals surface area contributed by atoms with E-state index in [2.05, 4.69) is 46.4 Å². The number of rotatable bonds is 2. The standard InChI is InChI=1S/C11H23NO/c1-9(8-13)12(10(2,3)4)11(5,6)7/h8-9H,1-7H3. The van der Waals surface area contributed by atoms with Gasteiger partial charge >= 0.3 is 0 Å². The minimum atomic E-state index is -0.0278. The van der Waals surface area contributed by atoms with Crippen molar-refractivity contribution in [2.75, 3.05) is 0 Å². The third-order valence-corrected chi connectivity index (χ3v) is 2.05. The number of carbonyl (C=O) groups is 1. The van der Waals surface area contributed by atoms with Crippen LogP contribution in [0.3, 0.4) is 0 Å². The predicted octanol–water partition coefficient (Wildman–Crippen LogP) is 2.47. The fourth-order valence-electron chi connectivity index (χ4n) is 2.29. The van der Waals surface area contributed by atoms with Crippen LogP contribution < -0.4 is 0 Å². The summed E-state index contributed by atoms with van der Waals surface area (Å²) >= 11 is 0. The molecule has 0 bridgehead atoms. The average molecular weight is 185 g/mol. The Bertz CT molecular complexity index is 160. The lowest BCUT2D eigenvalue weighted by Gasteiger charge is -2.47. The highest BCUT2D eigenvalue weighted by molar-refractivity contribution is 5.57. The maximum Gasteiger partial charge on any atom is 0.136 e. The number of nitrogens with zero attached hydrogens (tertiary/aromatic N) is 1. The largest absolute Gasteiger partial charge is 0.302 e. The molecule has 13 heavy (non-hydrogen) atoms. The molecule has 0 aromatic rings. The van der Waals surface area contributed by atoms with Crippen molar-refractivity contribution in [2.24, 2.45) is 0 Å². The van der Waals surface area contributed by atoms with Crippen molar-refractivity contribution in [3.8, 4) is 0 Å². The molecule has 78 valence electrons. The summed E-state index contributed by atoms with van der Waals surface area (Å²) in [5.41, 5.74) is 0.0527. The molecule has 0 aromatic heterocycles. The fourth-order valence-corrected chi connectivity index (χ4v) is 2.29. The smallest absolute Gasteiger partial charge is 0.136 e. The SMILES string of the molecule is CC(C=O)N(C(C)(C)C)C(C)(C)C. The van der Waals surface area contributed by atoms with Gasteiger partial charge in [0, 0.05) is 11.1 Å². The zero-order valence-electron chi connectivity index (χ0n) is 10.0. The molecule has 0 aromatic carbocycles. The lowest BCUT2D eigenvalue weighted by molar-refractivity contribution is -0.117. The van der Waals surface area contributed by atoms with Gasteiger partial charge in [-0.3, -0.25) is 4.90 Å². The summed E-state index contributed by atoms with van der Waals surface area (Å²) in [7, 11) is 0. The van der Waals surface area contributed by atoms with Crippen molar-refractivity contribution in [2.45, 2.75) is 65.6 Å². The lowest BCUT2D eigenvalue weighted by Crippen LogP contribution is -2.57. The van der Waals surface area contributed by atoms with Crippen molar-refractivity contribution in [3.05, 3.63) is 0 Å². The highest BCUT2D eigenvalue weighted by Crippen LogP contribution is 2.26. The molecule has 2 nitrogen and oxygen atoms in total. The van der Waals surface area contributed by atoms with E-state index in [0.29, 0.717) is 0 Å². The average Bonchev–Trinajstić information content (AvgIpc) is 1.80. The lowest BCUT2D eigenvalue weighted by atomic mass is 9.94. The van der Waals surface area contributed by atoms with Crippen LogP contribution in [0.2, 0.25) is 0 Å². The summed E-state index contributed by atoms with van der Waals surface area (Å²) < 4.78 is 0. The van der Waals surface area contributed by atoms with E-state index in [4.69, 9.17) is 0 Å². The van der Waals surface area contributed by atoms with Gasteiger partial charge in [-0.25, -0.2) is 0 Å². The first-order valence-corrected chi connectivity index (χ1v) is 4.85. The third-order valence-electron chi connectivity index (χ3n) is 2.05. The molecule has 0 spiro atoms. The molecule has 0 rings (SSSR count). The molecule has 0 saturated heterocycles. The van der Waals surface area contributed by atoms with Crippen LogP contribution in [0.15, 0.2) is 0 Å². The molecule has 0 aliphatic rings. The summed E-state index contributed by atoms with van der Waals surface area (Å²) in [6.45, 7) is 14.8. The van der Waals surface area contributed by atoms with E-state index in [1.54, 1.807) is 0 Å².